The predicted octanol–water partition coefficient (Wildman–Crippen LogP) is 3.85. The highest BCUT2D eigenvalue weighted by atomic mass is 32.2. The Labute approximate surface area is 139 Å². The van der Waals surface area contributed by atoms with Crippen molar-refractivity contribution >= 4 is 22.8 Å². The molecule has 2 heterocycles. The highest BCUT2D eigenvalue weighted by Gasteiger charge is 2.17. The summed E-state index contributed by atoms with van der Waals surface area (Å²) in [4.78, 5) is 8.75. The molecule has 0 unspecified atom stereocenters. The minimum Gasteiger partial charge on any atom is -0.229 e. The minimum atomic E-state index is -0.312. The smallest absolute Gasteiger partial charge is 0.167 e. The van der Waals surface area contributed by atoms with Gasteiger partial charge in [0.1, 0.15) is 11.4 Å². The van der Waals surface area contributed by atoms with Crippen LogP contribution >= 0.6 is 11.8 Å². The van der Waals surface area contributed by atoms with E-state index < -0.39 is 0 Å². The fourth-order valence-corrected chi connectivity index (χ4v) is 3.38. The Bertz CT molecular complexity index is 848. The summed E-state index contributed by atoms with van der Waals surface area (Å²) in [5, 5.41) is 15.4. The second-order valence-corrected chi connectivity index (χ2v) is 6.99. The first-order chi connectivity index (χ1) is 11.1. The van der Waals surface area contributed by atoms with E-state index in [1.54, 1.807) is 24.3 Å². The van der Waals surface area contributed by atoms with Crippen LogP contribution in [0.5, 0.6) is 0 Å². The van der Waals surface area contributed by atoms with Crippen molar-refractivity contribution in [1.29, 1.82) is 5.26 Å². The van der Waals surface area contributed by atoms with Gasteiger partial charge in [-0.1, -0.05) is 18.2 Å². The second-order valence-electron chi connectivity index (χ2n) is 5.90. The molecule has 0 atom stereocenters. The van der Waals surface area contributed by atoms with Gasteiger partial charge < -0.3 is 0 Å². The summed E-state index contributed by atoms with van der Waals surface area (Å²) >= 11 is 1.65. The summed E-state index contributed by atoms with van der Waals surface area (Å²) < 4.78 is 1.82. The normalized spacial score (nSPS) is 11.5. The van der Waals surface area contributed by atoms with Crippen LogP contribution in [-0.4, -0.2) is 25.5 Å². The molecule has 0 spiro atoms. The highest BCUT2D eigenvalue weighted by molar-refractivity contribution is 7.99. The molecule has 0 amide bonds. The molecule has 0 radical (unpaired) electrons. The van der Waals surface area contributed by atoms with Crippen molar-refractivity contribution in [3.63, 3.8) is 0 Å². The number of thioether (sulfide) groups is 1. The summed E-state index contributed by atoms with van der Waals surface area (Å²) in [5.41, 5.74) is 1.46. The summed E-state index contributed by atoms with van der Waals surface area (Å²) in [6.07, 6.45) is 4.19. The minimum absolute atomic E-state index is 0.312. The number of hydrogen-bond donors (Lipinski definition) is 0. The molecule has 5 nitrogen and oxygen atoms in total. The lowest BCUT2D eigenvalue weighted by Crippen LogP contribution is -2.08. The van der Waals surface area contributed by atoms with Gasteiger partial charge in [-0.25, -0.2) is 14.6 Å². The topological polar surface area (TPSA) is 67.4 Å². The molecule has 3 aromatic rings. The van der Waals surface area contributed by atoms with Gasteiger partial charge in [-0.2, -0.15) is 10.4 Å². The third-order valence-corrected chi connectivity index (χ3v) is 4.61. The van der Waals surface area contributed by atoms with Crippen LogP contribution in [0.2, 0.25) is 0 Å². The van der Waals surface area contributed by atoms with Crippen LogP contribution in [0.25, 0.3) is 16.7 Å². The van der Waals surface area contributed by atoms with Crippen LogP contribution in [0.15, 0.2) is 47.9 Å². The maximum atomic E-state index is 9.09. The predicted molar refractivity (Wildman–Crippen MR) is 91.4 cm³/mol. The Morgan fingerprint density at radius 3 is 2.74 bits per heavy atom. The lowest BCUT2D eigenvalue weighted by atomic mass is 9.93. The van der Waals surface area contributed by atoms with Gasteiger partial charge in [0.15, 0.2) is 5.65 Å². The zero-order chi connectivity index (χ0) is 16.3. The van der Waals surface area contributed by atoms with Gasteiger partial charge in [-0.3, -0.25) is 0 Å². The van der Waals surface area contributed by atoms with Crippen LogP contribution in [0.1, 0.15) is 20.3 Å². The van der Waals surface area contributed by atoms with E-state index in [1.165, 1.54) is 0 Å². The first-order valence-corrected chi connectivity index (χ1v) is 8.37. The molecule has 0 saturated heterocycles. The molecule has 0 saturated carbocycles. The molecule has 0 fully saturated rings. The molecule has 23 heavy (non-hydrogen) atoms. The van der Waals surface area contributed by atoms with Crippen LogP contribution in [0, 0.1) is 16.7 Å². The Morgan fingerprint density at radius 2 is 2.00 bits per heavy atom. The molecule has 0 aliphatic heterocycles. The fourth-order valence-electron chi connectivity index (χ4n) is 2.15. The maximum Gasteiger partial charge on any atom is 0.167 e. The van der Waals surface area contributed by atoms with Gasteiger partial charge in [0.25, 0.3) is 0 Å². The molecule has 0 bridgehead atoms. The number of fused-ring (bicyclic) bond motifs is 1. The van der Waals surface area contributed by atoms with Gasteiger partial charge >= 0.3 is 0 Å². The molecular formula is C17H17N5S. The van der Waals surface area contributed by atoms with Crippen molar-refractivity contribution in [3.05, 3.63) is 42.9 Å². The van der Waals surface area contributed by atoms with E-state index in [4.69, 9.17) is 5.26 Å². The first kappa shape index (κ1) is 15.5. The number of aromatic nitrogens is 4. The SMILES string of the molecule is CC(C)(C#N)CCSc1ncnc2c1cnn2-c1ccccc1. The Hall–Kier alpha value is -2.39. The van der Waals surface area contributed by atoms with Crippen molar-refractivity contribution in [1.82, 2.24) is 19.7 Å². The van der Waals surface area contributed by atoms with Crippen molar-refractivity contribution in [2.24, 2.45) is 5.41 Å². The van der Waals surface area contributed by atoms with Gasteiger partial charge in [0.05, 0.1) is 28.8 Å². The van der Waals surface area contributed by atoms with E-state index in [2.05, 4.69) is 21.1 Å². The number of nitriles is 1. The summed E-state index contributed by atoms with van der Waals surface area (Å²) in [7, 11) is 0. The molecular weight excluding hydrogens is 306 g/mol. The first-order valence-electron chi connectivity index (χ1n) is 7.39. The molecule has 0 N–H and O–H groups in total. The van der Waals surface area contributed by atoms with Crippen LogP contribution in [0.3, 0.4) is 0 Å². The van der Waals surface area contributed by atoms with E-state index in [0.717, 1.165) is 33.9 Å². The lowest BCUT2D eigenvalue weighted by Gasteiger charge is -2.13. The summed E-state index contributed by atoms with van der Waals surface area (Å²) in [6, 6.07) is 12.2. The standard InChI is InChI=1S/C17H17N5S/c1-17(2,11-18)8-9-23-16-14-10-21-22(15(14)19-12-20-16)13-6-4-3-5-7-13/h3-7,10,12H,8-9H2,1-2H3. The Morgan fingerprint density at radius 1 is 1.22 bits per heavy atom. The summed E-state index contributed by atoms with van der Waals surface area (Å²) in [5.74, 6) is 0.836. The van der Waals surface area contributed by atoms with Crippen molar-refractivity contribution in [2.75, 3.05) is 5.75 Å². The van der Waals surface area contributed by atoms with Crippen LogP contribution in [-0.2, 0) is 0 Å². The molecule has 3 rings (SSSR count). The summed E-state index contributed by atoms with van der Waals surface area (Å²) in [6.45, 7) is 3.91. The quantitative estimate of drug-likeness (QED) is 0.527. The zero-order valence-electron chi connectivity index (χ0n) is 13.1. The number of hydrogen-bond acceptors (Lipinski definition) is 5. The van der Waals surface area contributed by atoms with E-state index in [9.17, 15) is 0 Å². The number of nitrogens with zero attached hydrogens (tertiary/aromatic N) is 5. The van der Waals surface area contributed by atoms with Gasteiger partial charge in [0.2, 0.25) is 0 Å². The molecule has 1 aromatic carbocycles. The lowest BCUT2D eigenvalue weighted by molar-refractivity contribution is 0.482. The largest absolute Gasteiger partial charge is 0.229 e. The molecule has 0 aliphatic rings. The van der Waals surface area contributed by atoms with Crippen LogP contribution in [0.4, 0.5) is 0 Å². The highest BCUT2D eigenvalue weighted by Crippen LogP contribution is 2.29. The zero-order valence-corrected chi connectivity index (χ0v) is 13.9. The third-order valence-electron chi connectivity index (χ3n) is 3.60. The second kappa shape index (κ2) is 6.39. The maximum absolute atomic E-state index is 9.09. The van der Waals surface area contributed by atoms with Crippen LogP contribution < -0.4 is 0 Å². The van der Waals surface area contributed by atoms with E-state index >= 15 is 0 Å². The van der Waals surface area contributed by atoms with Gasteiger partial charge in [0, 0.05) is 5.75 Å². The average molecular weight is 323 g/mol. The number of rotatable bonds is 5. The van der Waals surface area contributed by atoms with E-state index in [-0.39, 0.29) is 5.41 Å². The molecule has 6 heteroatoms. The number of benzene rings is 1. The average Bonchev–Trinajstić information content (AvgIpc) is 3.00. The van der Waals surface area contributed by atoms with Crippen molar-refractivity contribution in [2.45, 2.75) is 25.3 Å². The third kappa shape index (κ3) is 3.35. The van der Waals surface area contributed by atoms with E-state index in [1.807, 2.05) is 48.9 Å². The van der Waals surface area contributed by atoms with Gasteiger partial charge in [-0.15, -0.1) is 11.8 Å². The van der Waals surface area contributed by atoms with Crippen molar-refractivity contribution < 1.29 is 0 Å². The van der Waals surface area contributed by atoms with Crippen molar-refractivity contribution in [3.8, 4) is 11.8 Å². The monoisotopic (exact) mass is 323 g/mol. The molecule has 0 aliphatic carbocycles. The Balaban J connectivity index is 1.86. The fraction of sp³-hybridized carbons (Fsp3) is 0.294. The molecule has 116 valence electrons. The molecule has 2 aromatic heterocycles. The Kier molecular flexibility index (Phi) is 4.30. The number of para-hydroxylation sites is 1. The van der Waals surface area contributed by atoms with E-state index in [0.29, 0.717) is 0 Å². The van der Waals surface area contributed by atoms with Gasteiger partial charge in [-0.05, 0) is 32.4 Å².